The summed E-state index contributed by atoms with van der Waals surface area (Å²) in [6, 6.07) is 4.41. The van der Waals surface area contributed by atoms with Crippen molar-refractivity contribution in [3.63, 3.8) is 0 Å². The summed E-state index contributed by atoms with van der Waals surface area (Å²) in [6.07, 6.45) is -0.625. The quantitative estimate of drug-likeness (QED) is 0.740. The van der Waals surface area contributed by atoms with Crippen molar-refractivity contribution in [2.75, 3.05) is 36.0 Å². The summed E-state index contributed by atoms with van der Waals surface area (Å²) >= 11 is 0. The van der Waals surface area contributed by atoms with E-state index in [1.807, 2.05) is 11.8 Å². The molecule has 3 amide bonds. The Balaban J connectivity index is 1.38. The van der Waals surface area contributed by atoms with E-state index >= 15 is 0 Å². The van der Waals surface area contributed by atoms with E-state index in [0.717, 1.165) is 6.42 Å². The maximum atomic E-state index is 14.8. The molecule has 0 radical (unpaired) electrons. The number of cyclic esters (lactones) is 1. The lowest BCUT2D eigenvalue weighted by Crippen LogP contribution is -2.34. The number of alkyl carbamates (subject to hydrolysis) is 1. The Morgan fingerprint density at radius 1 is 1.28 bits per heavy atom. The van der Waals surface area contributed by atoms with Gasteiger partial charge in [0.1, 0.15) is 18.0 Å². The van der Waals surface area contributed by atoms with E-state index in [1.165, 1.54) is 11.0 Å². The zero-order valence-corrected chi connectivity index (χ0v) is 16.0. The molecule has 1 aromatic carbocycles. The van der Waals surface area contributed by atoms with Crippen molar-refractivity contribution >= 4 is 29.5 Å². The van der Waals surface area contributed by atoms with Gasteiger partial charge in [-0.3, -0.25) is 9.69 Å². The molecule has 2 N–H and O–H groups in total. The number of halogens is 1. The van der Waals surface area contributed by atoms with E-state index in [4.69, 9.17) is 9.47 Å². The predicted octanol–water partition coefficient (Wildman–Crippen LogP) is 1.36. The number of hydrogen-bond acceptors (Lipinski definition) is 6. The lowest BCUT2D eigenvalue weighted by Gasteiger charge is -2.21. The Morgan fingerprint density at radius 3 is 2.83 bits per heavy atom. The van der Waals surface area contributed by atoms with Crippen LogP contribution in [0.5, 0.6) is 0 Å². The molecule has 0 unspecified atom stereocenters. The third kappa shape index (κ3) is 3.92. The van der Waals surface area contributed by atoms with E-state index in [2.05, 4.69) is 10.6 Å². The van der Waals surface area contributed by atoms with E-state index in [9.17, 15) is 18.8 Å². The fraction of sp³-hybridized carbons (Fsp3) is 0.526. The maximum Gasteiger partial charge on any atom is 0.414 e. The van der Waals surface area contributed by atoms with E-state index in [0.29, 0.717) is 30.9 Å². The Labute approximate surface area is 167 Å². The standard InChI is InChI=1S/C19H23FN4O5/c1-2-3-17(25)21-7-12-8-24(19(27)28-12)11-4-5-15(13(20)6-11)23-9-14-16(10-23)29-18(26)22-14/h4-6,12,14,16H,2-3,7-10H2,1H3,(H,21,25)(H,22,26)/t12-,14+,16-/m0/s1. The lowest BCUT2D eigenvalue weighted by atomic mass is 10.2. The molecule has 3 aliphatic rings. The minimum Gasteiger partial charge on any atom is -0.442 e. The number of benzene rings is 1. The molecule has 3 fully saturated rings. The summed E-state index contributed by atoms with van der Waals surface area (Å²) in [5, 5.41) is 5.44. The fourth-order valence-electron chi connectivity index (χ4n) is 3.85. The van der Waals surface area contributed by atoms with Crippen LogP contribution in [0, 0.1) is 5.82 Å². The van der Waals surface area contributed by atoms with Crippen LogP contribution in [0.25, 0.3) is 0 Å². The van der Waals surface area contributed by atoms with Crippen LogP contribution in [0.3, 0.4) is 0 Å². The van der Waals surface area contributed by atoms with Gasteiger partial charge in [-0.1, -0.05) is 6.92 Å². The van der Waals surface area contributed by atoms with Crippen molar-refractivity contribution in [1.82, 2.24) is 10.6 Å². The van der Waals surface area contributed by atoms with Crippen LogP contribution in [-0.2, 0) is 14.3 Å². The van der Waals surface area contributed by atoms with Crippen LogP contribution in [0.2, 0.25) is 0 Å². The van der Waals surface area contributed by atoms with Gasteiger partial charge < -0.3 is 25.0 Å². The van der Waals surface area contributed by atoms with Crippen molar-refractivity contribution in [2.24, 2.45) is 0 Å². The van der Waals surface area contributed by atoms with Crippen molar-refractivity contribution in [1.29, 1.82) is 0 Å². The zero-order valence-electron chi connectivity index (χ0n) is 16.0. The number of carbonyl (C=O) groups is 3. The summed E-state index contributed by atoms with van der Waals surface area (Å²) in [7, 11) is 0. The number of rotatable bonds is 6. The van der Waals surface area contributed by atoms with Gasteiger partial charge in [-0.2, -0.15) is 0 Å². The summed E-state index contributed by atoms with van der Waals surface area (Å²) in [4.78, 5) is 38.1. The first kappa shape index (κ1) is 19.3. The van der Waals surface area contributed by atoms with Gasteiger partial charge in [-0.25, -0.2) is 14.0 Å². The van der Waals surface area contributed by atoms with Crippen molar-refractivity contribution in [3.05, 3.63) is 24.0 Å². The number of fused-ring (bicyclic) bond motifs is 1. The number of anilines is 2. The first-order valence-electron chi connectivity index (χ1n) is 9.71. The largest absolute Gasteiger partial charge is 0.442 e. The van der Waals surface area contributed by atoms with Crippen LogP contribution in [0.1, 0.15) is 19.8 Å². The number of nitrogens with zero attached hydrogens (tertiary/aromatic N) is 2. The summed E-state index contributed by atoms with van der Waals surface area (Å²) in [5.74, 6) is -0.561. The van der Waals surface area contributed by atoms with Gasteiger partial charge in [0.15, 0.2) is 0 Å². The summed E-state index contributed by atoms with van der Waals surface area (Å²) in [5.41, 5.74) is 0.777. The molecule has 0 saturated carbocycles. The molecule has 0 aromatic heterocycles. The van der Waals surface area contributed by atoms with Gasteiger partial charge in [0, 0.05) is 13.0 Å². The lowest BCUT2D eigenvalue weighted by molar-refractivity contribution is -0.121. The third-order valence-corrected chi connectivity index (χ3v) is 5.29. The molecule has 29 heavy (non-hydrogen) atoms. The molecular formula is C19H23FN4O5. The molecule has 0 spiro atoms. The Bertz CT molecular complexity index is 819. The highest BCUT2D eigenvalue weighted by Crippen LogP contribution is 2.31. The van der Waals surface area contributed by atoms with E-state index < -0.39 is 24.1 Å². The van der Waals surface area contributed by atoms with Crippen LogP contribution < -0.4 is 20.4 Å². The zero-order chi connectivity index (χ0) is 20.5. The number of hydrogen-bond donors (Lipinski definition) is 2. The number of amides is 3. The second-order valence-electron chi connectivity index (χ2n) is 7.41. The number of carbonyl (C=O) groups excluding carboxylic acids is 3. The molecule has 3 heterocycles. The van der Waals surface area contributed by atoms with E-state index in [-0.39, 0.29) is 31.1 Å². The Morgan fingerprint density at radius 2 is 2.10 bits per heavy atom. The first-order valence-corrected chi connectivity index (χ1v) is 9.71. The van der Waals surface area contributed by atoms with Gasteiger partial charge >= 0.3 is 12.2 Å². The number of ether oxygens (including phenoxy) is 2. The molecule has 3 atom stereocenters. The van der Waals surface area contributed by atoms with Gasteiger partial charge in [0.2, 0.25) is 5.91 Å². The van der Waals surface area contributed by atoms with Crippen LogP contribution in [0.15, 0.2) is 18.2 Å². The monoisotopic (exact) mass is 406 g/mol. The molecule has 0 bridgehead atoms. The average molecular weight is 406 g/mol. The molecular weight excluding hydrogens is 383 g/mol. The van der Waals surface area contributed by atoms with Gasteiger partial charge in [-0.05, 0) is 24.6 Å². The molecule has 3 aliphatic heterocycles. The molecule has 156 valence electrons. The highest BCUT2D eigenvalue weighted by molar-refractivity contribution is 5.90. The SMILES string of the molecule is CCCC(=O)NC[C@H]1CN(c2ccc(N3C[C@@H]4OC(=O)N[C@@H]4C3)c(F)c2)C(=O)O1. The molecule has 10 heteroatoms. The maximum absolute atomic E-state index is 14.8. The Hall–Kier alpha value is -3.04. The van der Waals surface area contributed by atoms with Crippen molar-refractivity contribution < 1.29 is 28.2 Å². The summed E-state index contributed by atoms with van der Waals surface area (Å²) < 4.78 is 25.2. The average Bonchev–Trinajstić information content (AvgIpc) is 3.32. The predicted molar refractivity (Wildman–Crippen MR) is 101 cm³/mol. The third-order valence-electron chi connectivity index (χ3n) is 5.29. The van der Waals surface area contributed by atoms with Gasteiger partial charge in [-0.15, -0.1) is 0 Å². The van der Waals surface area contributed by atoms with Crippen LogP contribution in [0.4, 0.5) is 25.4 Å². The second-order valence-corrected chi connectivity index (χ2v) is 7.41. The van der Waals surface area contributed by atoms with Crippen molar-refractivity contribution in [3.8, 4) is 0 Å². The van der Waals surface area contributed by atoms with Crippen LogP contribution in [-0.4, -0.2) is 62.5 Å². The summed E-state index contributed by atoms with van der Waals surface area (Å²) in [6.45, 7) is 3.23. The topological polar surface area (TPSA) is 100 Å². The van der Waals surface area contributed by atoms with Crippen LogP contribution >= 0.6 is 0 Å². The number of nitrogens with one attached hydrogen (secondary N) is 2. The minimum atomic E-state index is -0.571. The normalized spacial score (nSPS) is 25.5. The molecule has 9 nitrogen and oxygen atoms in total. The highest BCUT2D eigenvalue weighted by Gasteiger charge is 2.42. The molecule has 1 aromatic rings. The fourth-order valence-corrected chi connectivity index (χ4v) is 3.85. The van der Waals surface area contributed by atoms with Crippen molar-refractivity contribution in [2.45, 2.75) is 38.0 Å². The van der Waals surface area contributed by atoms with Gasteiger partial charge in [0.25, 0.3) is 0 Å². The van der Waals surface area contributed by atoms with E-state index in [1.54, 1.807) is 12.1 Å². The smallest absolute Gasteiger partial charge is 0.414 e. The molecule has 0 aliphatic carbocycles. The highest BCUT2D eigenvalue weighted by atomic mass is 19.1. The van der Waals surface area contributed by atoms with Gasteiger partial charge in [0.05, 0.1) is 37.1 Å². The Kier molecular flexibility index (Phi) is 5.16. The first-order chi connectivity index (χ1) is 13.9. The molecule has 4 rings (SSSR count). The molecule has 3 saturated heterocycles. The minimum absolute atomic E-state index is 0.0899. The second kappa shape index (κ2) is 7.76.